The van der Waals surface area contributed by atoms with Crippen LogP contribution in [0.15, 0.2) is 41.3 Å². The van der Waals surface area contributed by atoms with Crippen LogP contribution in [0.25, 0.3) is 22.2 Å². The molecule has 0 radical (unpaired) electrons. The summed E-state index contributed by atoms with van der Waals surface area (Å²) in [4.78, 5) is 33.1. The van der Waals surface area contributed by atoms with Gasteiger partial charge in [0.1, 0.15) is 12.1 Å². The maximum Gasteiger partial charge on any atom is 0.257 e. The standard InChI is InChI=1S/C19H21N3O2/c23-11-7-3-1-2-4-10-18-20-13-17(21-18)15-12-14-8-5-6-9-16(14)22-19(15)24/h5-6,8-9,11-13H,1-4,7,10H2,(H,20,21)(H,22,24). The average molecular weight is 323 g/mol. The van der Waals surface area contributed by atoms with Gasteiger partial charge in [0.2, 0.25) is 0 Å². The van der Waals surface area contributed by atoms with Gasteiger partial charge >= 0.3 is 0 Å². The SMILES string of the molecule is O=CCCCCCCc1ncc(-c2cc3ccccc3[nH]c2=O)[nH]1. The van der Waals surface area contributed by atoms with E-state index in [1.54, 1.807) is 6.20 Å². The average Bonchev–Trinajstić information content (AvgIpc) is 3.06. The van der Waals surface area contributed by atoms with Crippen LogP contribution < -0.4 is 5.56 Å². The number of hydrogen-bond acceptors (Lipinski definition) is 3. The molecule has 0 bridgehead atoms. The van der Waals surface area contributed by atoms with Crippen molar-refractivity contribution in [3.63, 3.8) is 0 Å². The van der Waals surface area contributed by atoms with E-state index < -0.39 is 0 Å². The Kier molecular flexibility index (Phi) is 5.21. The van der Waals surface area contributed by atoms with Crippen molar-refractivity contribution in [2.24, 2.45) is 0 Å². The predicted octanol–water partition coefficient (Wildman–Crippen LogP) is 3.61. The Hall–Kier alpha value is -2.69. The Morgan fingerprint density at radius 2 is 1.88 bits per heavy atom. The monoisotopic (exact) mass is 323 g/mol. The lowest BCUT2D eigenvalue weighted by Crippen LogP contribution is -2.08. The number of pyridine rings is 1. The Bertz CT molecular complexity index is 879. The third kappa shape index (κ3) is 3.79. The van der Waals surface area contributed by atoms with Crippen molar-refractivity contribution < 1.29 is 4.79 Å². The van der Waals surface area contributed by atoms with Crippen molar-refractivity contribution in [1.82, 2.24) is 15.0 Å². The molecule has 0 amide bonds. The van der Waals surface area contributed by atoms with Crippen molar-refractivity contribution in [2.75, 3.05) is 0 Å². The van der Waals surface area contributed by atoms with E-state index in [-0.39, 0.29) is 5.56 Å². The second-order valence-electron chi connectivity index (χ2n) is 5.96. The van der Waals surface area contributed by atoms with E-state index >= 15 is 0 Å². The van der Waals surface area contributed by atoms with Gasteiger partial charge in [-0.2, -0.15) is 0 Å². The number of para-hydroxylation sites is 1. The molecule has 0 saturated carbocycles. The van der Waals surface area contributed by atoms with Crippen molar-refractivity contribution in [3.05, 3.63) is 52.7 Å². The number of carbonyl (C=O) groups excluding carboxylic acids is 1. The molecular formula is C19H21N3O2. The first-order valence-electron chi connectivity index (χ1n) is 8.38. The number of nitrogens with one attached hydrogen (secondary N) is 2. The fourth-order valence-electron chi connectivity index (χ4n) is 2.85. The van der Waals surface area contributed by atoms with Gasteiger partial charge in [-0.25, -0.2) is 4.98 Å². The molecule has 5 nitrogen and oxygen atoms in total. The van der Waals surface area contributed by atoms with Crippen LogP contribution in [0.4, 0.5) is 0 Å². The first kappa shape index (κ1) is 16.2. The summed E-state index contributed by atoms with van der Waals surface area (Å²) in [5.74, 6) is 0.896. The maximum atomic E-state index is 12.3. The maximum absolute atomic E-state index is 12.3. The number of imidazole rings is 1. The van der Waals surface area contributed by atoms with E-state index in [1.807, 2.05) is 30.3 Å². The van der Waals surface area contributed by atoms with Crippen molar-refractivity contribution in [1.29, 1.82) is 0 Å². The highest BCUT2D eigenvalue weighted by atomic mass is 16.1. The van der Waals surface area contributed by atoms with Gasteiger partial charge in [-0.15, -0.1) is 0 Å². The number of carbonyl (C=O) groups is 1. The highest BCUT2D eigenvalue weighted by molar-refractivity contribution is 5.82. The third-order valence-electron chi connectivity index (χ3n) is 4.16. The molecule has 0 spiro atoms. The number of hydrogen-bond donors (Lipinski definition) is 2. The predicted molar refractivity (Wildman–Crippen MR) is 95.0 cm³/mol. The highest BCUT2D eigenvalue weighted by Gasteiger charge is 2.08. The molecule has 3 rings (SSSR count). The molecular weight excluding hydrogens is 302 g/mol. The normalized spacial score (nSPS) is 11.0. The first-order chi connectivity index (χ1) is 11.8. The molecule has 3 aromatic rings. The van der Waals surface area contributed by atoms with Crippen LogP contribution in [-0.2, 0) is 11.2 Å². The topological polar surface area (TPSA) is 78.6 Å². The van der Waals surface area contributed by atoms with Crippen LogP contribution in [0.2, 0.25) is 0 Å². The summed E-state index contributed by atoms with van der Waals surface area (Å²) in [6, 6.07) is 9.62. The number of rotatable bonds is 8. The molecule has 0 saturated heterocycles. The molecule has 2 heterocycles. The largest absolute Gasteiger partial charge is 0.342 e. The number of aldehydes is 1. The zero-order valence-electron chi connectivity index (χ0n) is 13.5. The van der Waals surface area contributed by atoms with Crippen molar-refractivity contribution in [3.8, 4) is 11.3 Å². The summed E-state index contributed by atoms with van der Waals surface area (Å²) in [5, 5.41) is 0.999. The second-order valence-corrected chi connectivity index (χ2v) is 5.96. The zero-order valence-corrected chi connectivity index (χ0v) is 13.5. The molecule has 0 aliphatic heterocycles. The molecule has 0 unspecified atom stereocenters. The van der Waals surface area contributed by atoms with Crippen molar-refractivity contribution in [2.45, 2.75) is 38.5 Å². The lowest BCUT2D eigenvalue weighted by Gasteiger charge is -2.01. The van der Waals surface area contributed by atoms with E-state index in [1.165, 1.54) is 0 Å². The molecule has 0 aliphatic rings. The van der Waals surface area contributed by atoms with Gasteiger partial charge < -0.3 is 14.8 Å². The van der Waals surface area contributed by atoms with E-state index in [0.717, 1.165) is 60.8 Å². The van der Waals surface area contributed by atoms with Crippen LogP contribution in [0.3, 0.4) is 0 Å². The Labute approximate surface area is 140 Å². The van der Waals surface area contributed by atoms with Gasteiger partial charge in [-0.1, -0.05) is 31.0 Å². The van der Waals surface area contributed by atoms with Crippen LogP contribution in [0.5, 0.6) is 0 Å². The molecule has 1 aromatic carbocycles. The van der Waals surface area contributed by atoms with E-state index in [9.17, 15) is 9.59 Å². The van der Waals surface area contributed by atoms with Gasteiger partial charge in [0.05, 0.1) is 17.5 Å². The minimum absolute atomic E-state index is 0.113. The summed E-state index contributed by atoms with van der Waals surface area (Å²) in [5.41, 5.74) is 2.08. The number of aryl methyl sites for hydroxylation is 1. The minimum Gasteiger partial charge on any atom is -0.342 e. The van der Waals surface area contributed by atoms with E-state index in [2.05, 4.69) is 15.0 Å². The molecule has 24 heavy (non-hydrogen) atoms. The van der Waals surface area contributed by atoms with Gasteiger partial charge in [0, 0.05) is 18.4 Å². The van der Waals surface area contributed by atoms with Crippen LogP contribution in [0.1, 0.15) is 37.9 Å². The molecule has 2 N–H and O–H groups in total. The third-order valence-corrected chi connectivity index (χ3v) is 4.16. The number of benzene rings is 1. The quantitative estimate of drug-likeness (QED) is 0.491. The number of fused-ring (bicyclic) bond motifs is 1. The number of aromatic amines is 2. The minimum atomic E-state index is -0.113. The molecule has 0 atom stereocenters. The van der Waals surface area contributed by atoms with E-state index in [0.29, 0.717) is 12.0 Å². The van der Waals surface area contributed by atoms with Gasteiger partial charge in [-0.3, -0.25) is 4.79 Å². The van der Waals surface area contributed by atoms with Crippen LogP contribution >= 0.6 is 0 Å². The summed E-state index contributed by atoms with van der Waals surface area (Å²) in [6.07, 6.45) is 8.33. The summed E-state index contributed by atoms with van der Waals surface area (Å²) in [7, 11) is 0. The number of nitrogens with zero attached hydrogens (tertiary/aromatic N) is 1. The van der Waals surface area contributed by atoms with Crippen molar-refractivity contribution >= 4 is 17.2 Å². The zero-order chi connectivity index (χ0) is 16.8. The molecule has 2 aromatic heterocycles. The Morgan fingerprint density at radius 1 is 1.04 bits per heavy atom. The van der Waals surface area contributed by atoms with E-state index in [4.69, 9.17) is 0 Å². The molecule has 5 heteroatoms. The number of unbranched alkanes of at least 4 members (excludes halogenated alkanes) is 4. The molecule has 0 aliphatic carbocycles. The second kappa shape index (κ2) is 7.73. The van der Waals surface area contributed by atoms with Crippen LogP contribution in [-0.4, -0.2) is 21.2 Å². The van der Waals surface area contributed by atoms with Gasteiger partial charge in [0.25, 0.3) is 5.56 Å². The number of aromatic nitrogens is 3. The summed E-state index contributed by atoms with van der Waals surface area (Å²) < 4.78 is 0. The summed E-state index contributed by atoms with van der Waals surface area (Å²) in [6.45, 7) is 0. The van der Waals surface area contributed by atoms with Crippen LogP contribution in [0, 0.1) is 0 Å². The smallest absolute Gasteiger partial charge is 0.257 e. The molecule has 124 valence electrons. The first-order valence-corrected chi connectivity index (χ1v) is 8.38. The van der Waals surface area contributed by atoms with Gasteiger partial charge in [0.15, 0.2) is 0 Å². The fraction of sp³-hybridized carbons (Fsp3) is 0.316. The lowest BCUT2D eigenvalue weighted by molar-refractivity contribution is -0.107. The van der Waals surface area contributed by atoms with Gasteiger partial charge in [-0.05, 0) is 30.4 Å². The fourth-order valence-corrected chi connectivity index (χ4v) is 2.85. The lowest BCUT2D eigenvalue weighted by atomic mass is 10.1. The Morgan fingerprint density at radius 3 is 2.75 bits per heavy atom. The number of H-pyrrole nitrogens is 2. The molecule has 0 fully saturated rings. The highest BCUT2D eigenvalue weighted by Crippen LogP contribution is 2.18. The summed E-state index contributed by atoms with van der Waals surface area (Å²) >= 11 is 0. The Balaban J connectivity index is 1.68.